The normalized spacial score (nSPS) is 11.1. The van der Waals surface area contributed by atoms with Gasteiger partial charge in [-0.1, -0.05) is 40.9 Å². The van der Waals surface area contributed by atoms with Crippen molar-refractivity contribution in [3.05, 3.63) is 33.9 Å². The maximum atomic E-state index is 11.4. The third-order valence-electron chi connectivity index (χ3n) is 1.86. The topological polar surface area (TPSA) is 72.2 Å². The standard InChI is InChI=1S/C9H7Cl3N2O3/c1-5-2-3-6(7(4-5)14(16)17)13-8(15)9(10,11)12/h2-4H,1H3,(H,13,15). The number of amides is 1. The van der Waals surface area contributed by atoms with Gasteiger partial charge in [0, 0.05) is 6.07 Å². The first kappa shape index (κ1) is 14.0. The van der Waals surface area contributed by atoms with Gasteiger partial charge in [0.2, 0.25) is 0 Å². The van der Waals surface area contributed by atoms with Crippen molar-refractivity contribution in [3.63, 3.8) is 0 Å². The van der Waals surface area contributed by atoms with Gasteiger partial charge in [0.15, 0.2) is 0 Å². The first-order valence-corrected chi connectivity index (χ1v) is 5.48. The molecule has 1 amide bonds. The summed E-state index contributed by atoms with van der Waals surface area (Å²) in [6.45, 7) is 1.69. The van der Waals surface area contributed by atoms with Crippen molar-refractivity contribution in [1.82, 2.24) is 0 Å². The van der Waals surface area contributed by atoms with Gasteiger partial charge in [-0.05, 0) is 18.6 Å². The molecule has 0 aromatic heterocycles. The number of benzene rings is 1. The van der Waals surface area contributed by atoms with E-state index in [1.54, 1.807) is 13.0 Å². The van der Waals surface area contributed by atoms with E-state index in [9.17, 15) is 14.9 Å². The number of rotatable bonds is 2. The number of carbonyl (C=O) groups excluding carboxylic acids is 1. The fourth-order valence-corrected chi connectivity index (χ4v) is 1.23. The predicted molar refractivity (Wildman–Crippen MR) is 66.8 cm³/mol. The average molecular weight is 298 g/mol. The van der Waals surface area contributed by atoms with E-state index in [0.29, 0.717) is 5.56 Å². The monoisotopic (exact) mass is 296 g/mol. The van der Waals surface area contributed by atoms with Crippen LogP contribution in [0.15, 0.2) is 18.2 Å². The average Bonchev–Trinajstić information content (AvgIpc) is 2.18. The molecule has 17 heavy (non-hydrogen) atoms. The fourth-order valence-electron chi connectivity index (χ4n) is 1.09. The highest BCUT2D eigenvalue weighted by atomic mass is 35.6. The molecule has 0 heterocycles. The Bertz CT molecular complexity index is 471. The number of anilines is 1. The fraction of sp³-hybridized carbons (Fsp3) is 0.222. The number of nitro benzene ring substituents is 1. The molecule has 0 unspecified atom stereocenters. The van der Waals surface area contributed by atoms with Crippen molar-refractivity contribution in [2.24, 2.45) is 0 Å². The van der Waals surface area contributed by atoms with Crippen molar-refractivity contribution in [1.29, 1.82) is 0 Å². The zero-order chi connectivity index (χ0) is 13.2. The maximum absolute atomic E-state index is 11.4. The van der Waals surface area contributed by atoms with Gasteiger partial charge >= 0.3 is 0 Å². The first-order chi connectivity index (χ1) is 7.71. The van der Waals surface area contributed by atoms with Gasteiger partial charge in [-0.2, -0.15) is 0 Å². The number of hydrogen-bond acceptors (Lipinski definition) is 3. The number of nitro groups is 1. The summed E-state index contributed by atoms with van der Waals surface area (Å²) in [6, 6.07) is 4.29. The molecule has 0 aliphatic heterocycles. The lowest BCUT2D eigenvalue weighted by molar-refractivity contribution is -0.384. The second kappa shape index (κ2) is 5.08. The molecule has 5 nitrogen and oxygen atoms in total. The molecule has 1 aromatic carbocycles. The minimum atomic E-state index is -2.17. The molecule has 1 N–H and O–H groups in total. The molecule has 0 bridgehead atoms. The summed E-state index contributed by atoms with van der Waals surface area (Å²) in [4.78, 5) is 21.5. The molecule has 92 valence electrons. The summed E-state index contributed by atoms with van der Waals surface area (Å²) in [5.74, 6) is -0.950. The predicted octanol–water partition coefficient (Wildman–Crippen LogP) is 3.21. The van der Waals surface area contributed by atoms with E-state index in [0.717, 1.165) is 0 Å². The minimum Gasteiger partial charge on any atom is -0.317 e. The number of nitrogens with one attached hydrogen (secondary N) is 1. The van der Waals surface area contributed by atoms with Crippen LogP contribution in [0.4, 0.5) is 11.4 Å². The Morgan fingerprint density at radius 1 is 1.41 bits per heavy atom. The second-order valence-corrected chi connectivity index (χ2v) is 5.51. The Hall–Kier alpha value is -1.04. The summed E-state index contributed by atoms with van der Waals surface area (Å²) in [5, 5.41) is 12.9. The highest BCUT2D eigenvalue weighted by molar-refractivity contribution is 6.76. The molecular weight excluding hydrogens is 290 g/mol. The van der Waals surface area contributed by atoms with Crippen LogP contribution in [-0.4, -0.2) is 14.6 Å². The number of halogens is 3. The van der Waals surface area contributed by atoms with Gasteiger partial charge in [0.1, 0.15) is 5.69 Å². The first-order valence-electron chi connectivity index (χ1n) is 4.35. The molecule has 0 saturated heterocycles. The third kappa shape index (κ3) is 3.73. The molecule has 8 heteroatoms. The van der Waals surface area contributed by atoms with Crippen LogP contribution in [0.3, 0.4) is 0 Å². The van der Waals surface area contributed by atoms with Gasteiger partial charge in [-0.15, -0.1) is 0 Å². The van der Waals surface area contributed by atoms with E-state index in [-0.39, 0.29) is 11.4 Å². The summed E-state index contributed by atoms with van der Waals surface area (Å²) >= 11 is 16.0. The molecule has 1 rings (SSSR count). The number of alkyl halides is 3. The van der Waals surface area contributed by atoms with E-state index >= 15 is 0 Å². The summed E-state index contributed by atoms with van der Waals surface area (Å²) in [7, 11) is 0. The van der Waals surface area contributed by atoms with Crippen LogP contribution in [0.25, 0.3) is 0 Å². The van der Waals surface area contributed by atoms with Gasteiger partial charge in [0.05, 0.1) is 4.92 Å². The van der Waals surface area contributed by atoms with Crippen LogP contribution in [0.1, 0.15) is 5.56 Å². The van der Waals surface area contributed by atoms with E-state index in [1.807, 2.05) is 0 Å². The summed E-state index contributed by atoms with van der Waals surface area (Å²) in [6.07, 6.45) is 0. The van der Waals surface area contributed by atoms with Crippen molar-refractivity contribution in [2.45, 2.75) is 10.7 Å². The van der Waals surface area contributed by atoms with Gasteiger partial charge in [0.25, 0.3) is 15.4 Å². The summed E-state index contributed by atoms with van der Waals surface area (Å²) < 4.78 is -2.17. The third-order valence-corrected chi connectivity index (χ3v) is 2.37. The number of hydrogen-bond donors (Lipinski definition) is 1. The molecule has 0 fully saturated rings. The number of carbonyl (C=O) groups is 1. The highest BCUT2D eigenvalue weighted by Gasteiger charge is 2.32. The van der Waals surface area contributed by atoms with Gasteiger partial charge in [-0.3, -0.25) is 14.9 Å². The van der Waals surface area contributed by atoms with Crippen molar-refractivity contribution in [3.8, 4) is 0 Å². The van der Waals surface area contributed by atoms with E-state index in [1.165, 1.54) is 12.1 Å². The Balaban J connectivity index is 3.07. The van der Waals surface area contributed by atoms with Crippen molar-refractivity contribution in [2.75, 3.05) is 5.32 Å². The van der Waals surface area contributed by atoms with Crippen LogP contribution in [0, 0.1) is 17.0 Å². The zero-order valence-corrected chi connectivity index (χ0v) is 10.8. The van der Waals surface area contributed by atoms with E-state index < -0.39 is 14.6 Å². The second-order valence-electron chi connectivity index (χ2n) is 3.23. The molecule has 0 atom stereocenters. The van der Waals surface area contributed by atoms with Crippen LogP contribution in [0.5, 0.6) is 0 Å². The van der Waals surface area contributed by atoms with Crippen LogP contribution in [0.2, 0.25) is 0 Å². The molecule has 0 saturated carbocycles. The summed E-state index contributed by atoms with van der Waals surface area (Å²) in [5.41, 5.74) is 0.410. The lowest BCUT2D eigenvalue weighted by Crippen LogP contribution is -2.27. The van der Waals surface area contributed by atoms with Crippen LogP contribution in [-0.2, 0) is 4.79 Å². The Morgan fingerprint density at radius 2 is 2.00 bits per heavy atom. The van der Waals surface area contributed by atoms with Crippen molar-refractivity contribution >= 4 is 52.1 Å². The Labute approximate surface area is 112 Å². The van der Waals surface area contributed by atoms with Gasteiger partial charge in [-0.25, -0.2) is 0 Å². The number of nitrogens with zero attached hydrogens (tertiary/aromatic N) is 1. The Morgan fingerprint density at radius 3 is 2.47 bits per heavy atom. The lowest BCUT2D eigenvalue weighted by atomic mass is 10.2. The largest absolute Gasteiger partial charge is 0.317 e. The smallest absolute Gasteiger partial charge is 0.293 e. The molecule has 1 aromatic rings. The SMILES string of the molecule is Cc1ccc(NC(=O)C(Cl)(Cl)Cl)c([N+](=O)[O-])c1. The Kier molecular flexibility index (Phi) is 4.19. The van der Waals surface area contributed by atoms with E-state index in [2.05, 4.69) is 5.32 Å². The van der Waals surface area contributed by atoms with E-state index in [4.69, 9.17) is 34.8 Å². The van der Waals surface area contributed by atoms with Gasteiger partial charge < -0.3 is 5.32 Å². The molecule has 0 aliphatic carbocycles. The maximum Gasteiger partial charge on any atom is 0.293 e. The van der Waals surface area contributed by atoms with Crippen molar-refractivity contribution < 1.29 is 9.72 Å². The number of aryl methyl sites for hydroxylation is 1. The highest BCUT2D eigenvalue weighted by Crippen LogP contribution is 2.31. The van der Waals surface area contributed by atoms with Crippen LogP contribution < -0.4 is 5.32 Å². The zero-order valence-electron chi connectivity index (χ0n) is 8.54. The molecule has 0 aliphatic rings. The lowest BCUT2D eigenvalue weighted by Gasteiger charge is -2.11. The molecular formula is C9H7Cl3N2O3. The quantitative estimate of drug-likeness (QED) is 0.517. The van der Waals surface area contributed by atoms with Crippen LogP contribution >= 0.6 is 34.8 Å². The molecule has 0 spiro atoms. The molecule has 0 radical (unpaired) electrons. The minimum absolute atomic E-state index is 0.0167.